The van der Waals surface area contributed by atoms with E-state index in [0.29, 0.717) is 11.3 Å². The smallest absolute Gasteiger partial charge is 0.328 e. The molecule has 3 aromatic rings. The van der Waals surface area contributed by atoms with Crippen LogP contribution in [-0.4, -0.2) is 26.0 Å². The Labute approximate surface area is 176 Å². The molecule has 1 aliphatic carbocycles. The van der Waals surface area contributed by atoms with Crippen LogP contribution in [0.15, 0.2) is 60.7 Å². The van der Waals surface area contributed by atoms with Gasteiger partial charge in [-0.3, -0.25) is 4.68 Å². The summed E-state index contributed by atoms with van der Waals surface area (Å²) < 4.78 is 2.10. The molecule has 0 bridgehead atoms. The van der Waals surface area contributed by atoms with E-state index in [1.54, 1.807) is 19.1 Å². The third-order valence-electron chi connectivity index (χ3n) is 5.75. The number of hydrogen-bond donors (Lipinski definition) is 2. The molecular formula is C25H26N2O3. The Morgan fingerprint density at radius 3 is 2.30 bits per heavy atom. The number of phenols is 1. The molecule has 1 aromatic heterocycles. The standard InChI is InChI=1S/C25H26N2O3/c1-17(16-22(29)30)24-23(18-8-4-2-5-9-18)25(19-12-14-21(28)15-13-19)27(26-24)20-10-6-3-7-11-20/h2,4-5,8-9,12-16,20,28H,3,6-7,10-11H2,1H3,(H,29,30)/b17-16+. The fourth-order valence-corrected chi connectivity index (χ4v) is 4.33. The van der Waals surface area contributed by atoms with E-state index in [1.807, 2.05) is 42.5 Å². The number of aromatic nitrogens is 2. The van der Waals surface area contributed by atoms with Crippen molar-refractivity contribution >= 4 is 11.5 Å². The van der Waals surface area contributed by atoms with Crippen molar-refractivity contribution in [1.29, 1.82) is 0 Å². The maximum absolute atomic E-state index is 11.4. The molecule has 2 N–H and O–H groups in total. The molecule has 0 amide bonds. The van der Waals surface area contributed by atoms with Crippen LogP contribution >= 0.6 is 0 Å². The van der Waals surface area contributed by atoms with Gasteiger partial charge < -0.3 is 10.2 Å². The third kappa shape index (κ3) is 4.01. The van der Waals surface area contributed by atoms with Gasteiger partial charge in [0.05, 0.1) is 17.4 Å². The predicted molar refractivity (Wildman–Crippen MR) is 118 cm³/mol. The van der Waals surface area contributed by atoms with Crippen molar-refractivity contribution in [2.75, 3.05) is 0 Å². The monoisotopic (exact) mass is 402 g/mol. The molecule has 1 heterocycles. The van der Waals surface area contributed by atoms with Crippen LogP contribution in [0.1, 0.15) is 50.8 Å². The van der Waals surface area contributed by atoms with Gasteiger partial charge in [-0.05, 0) is 55.2 Å². The first kappa shape index (κ1) is 20.0. The number of carboxylic acid groups (broad SMARTS) is 1. The minimum atomic E-state index is -0.982. The number of rotatable bonds is 5. The first-order chi connectivity index (χ1) is 14.5. The zero-order valence-corrected chi connectivity index (χ0v) is 17.1. The zero-order valence-electron chi connectivity index (χ0n) is 17.1. The first-order valence-corrected chi connectivity index (χ1v) is 10.4. The molecule has 0 aliphatic heterocycles. The van der Waals surface area contributed by atoms with Gasteiger partial charge in [-0.15, -0.1) is 0 Å². The van der Waals surface area contributed by atoms with Crippen molar-refractivity contribution < 1.29 is 15.0 Å². The maximum atomic E-state index is 11.4. The summed E-state index contributed by atoms with van der Waals surface area (Å²) in [6.45, 7) is 1.80. The Bertz CT molecular complexity index is 1060. The SMILES string of the molecule is C/C(=C\C(=O)O)c1nn(C2CCCCC2)c(-c2ccc(O)cc2)c1-c1ccccc1. The van der Waals surface area contributed by atoms with Crippen molar-refractivity contribution in [1.82, 2.24) is 9.78 Å². The largest absolute Gasteiger partial charge is 0.508 e. The lowest BCUT2D eigenvalue weighted by atomic mass is 9.93. The molecule has 0 unspecified atom stereocenters. The lowest BCUT2D eigenvalue weighted by Crippen LogP contribution is -2.15. The Balaban J connectivity index is 2.01. The molecule has 1 aliphatic rings. The summed E-state index contributed by atoms with van der Waals surface area (Å²) in [7, 11) is 0. The Morgan fingerprint density at radius 2 is 1.67 bits per heavy atom. The highest BCUT2D eigenvalue weighted by atomic mass is 16.4. The molecule has 0 spiro atoms. The molecule has 154 valence electrons. The zero-order chi connectivity index (χ0) is 21.1. The number of aromatic hydroxyl groups is 1. The number of aliphatic carboxylic acids is 1. The fraction of sp³-hybridized carbons (Fsp3) is 0.280. The van der Waals surface area contributed by atoms with Crippen LogP contribution in [0.2, 0.25) is 0 Å². The molecule has 2 aromatic carbocycles. The summed E-state index contributed by atoms with van der Waals surface area (Å²) in [6, 6.07) is 17.4. The summed E-state index contributed by atoms with van der Waals surface area (Å²) >= 11 is 0. The molecule has 0 radical (unpaired) electrons. The van der Waals surface area contributed by atoms with Crippen LogP contribution < -0.4 is 0 Å². The summed E-state index contributed by atoms with van der Waals surface area (Å²) in [5.41, 5.74) is 5.17. The molecule has 0 atom stereocenters. The van der Waals surface area contributed by atoms with E-state index in [2.05, 4.69) is 4.68 Å². The van der Waals surface area contributed by atoms with Crippen molar-refractivity contribution in [3.8, 4) is 28.1 Å². The van der Waals surface area contributed by atoms with Crippen molar-refractivity contribution in [2.45, 2.75) is 45.1 Å². The van der Waals surface area contributed by atoms with Gasteiger partial charge in [0.2, 0.25) is 0 Å². The molecule has 1 fully saturated rings. The van der Waals surface area contributed by atoms with E-state index in [0.717, 1.165) is 35.2 Å². The van der Waals surface area contributed by atoms with Crippen LogP contribution in [0, 0.1) is 0 Å². The number of benzene rings is 2. The van der Waals surface area contributed by atoms with E-state index < -0.39 is 5.97 Å². The van der Waals surface area contributed by atoms with E-state index in [-0.39, 0.29) is 11.8 Å². The summed E-state index contributed by atoms with van der Waals surface area (Å²) in [6.07, 6.45) is 6.91. The van der Waals surface area contributed by atoms with Crippen molar-refractivity contribution in [3.63, 3.8) is 0 Å². The summed E-state index contributed by atoms with van der Waals surface area (Å²) in [5, 5.41) is 24.1. The molecule has 5 heteroatoms. The van der Waals surface area contributed by atoms with Crippen molar-refractivity contribution in [2.24, 2.45) is 0 Å². The summed E-state index contributed by atoms with van der Waals surface area (Å²) in [4.78, 5) is 11.4. The quantitative estimate of drug-likeness (QED) is 0.520. The minimum Gasteiger partial charge on any atom is -0.508 e. The van der Waals surface area contributed by atoms with Crippen LogP contribution in [0.5, 0.6) is 5.75 Å². The molecule has 1 saturated carbocycles. The average Bonchev–Trinajstić information content (AvgIpc) is 3.16. The number of phenolic OH excluding ortho intramolecular Hbond substituents is 1. The van der Waals surface area contributed by atoms with Crippen molar-refractivity contribution in [3.05, 3.63) is 66.4 Å². The lowest BCUT2D eigenvalue weighted by molar-refractivity contribution is -0.131. The topological polar surface area (TPSA) is 75.3 Å². The molecule has 4 rings (SSSR count). The van der Waals surface area contributed by atoms with E-state index >= 15 is 0 Å². The predicted octanol–water partition coefficient (Wildman–Crippen LogP) is 5.92. The van der Waals surface area contributed by atoms with Gasteiger partial charge in [0.15, 0.2) is 0 Å². The second-order valence-corrected chi connectivity index (χ2v) is 7.89. The highest BCUT2D eigenvalue weighted by molar-refractivity contribution is 5.95. The second-order valence-electron chi connectivity index (χ2n) is 7.89. The van der Waals surface area contributed by atoms with Crippen LogP contribution in [0.3, 0.4) is 0 Å². The van der Waals surface area contributed by atoms with Gasteiger partial charge in [-0.25, -0.2) is 4.79 Å². The molecule has 0 saturated heterocycles. The Morgan fingerprint density at radius 1 is 1.00 bits per heavy atom. The molecule has 30 heavy (non-hydrogen) atoms. The lowest BCUT2D eigenvalue weighted by Gasteiger charge is -2.24. The van der Waals surface area contributed by atoms with Gasteiger partial charge in [-0.1, -0.05) is 49.6 Å². The fourth-order valence-electron chi connectivity index (χ4n) is 4.33. The number of hydrogen-bond acceptors (Lipinski definition) is 3. The second kappa shape index (κ2) is 8.57. The highest BCUT2D eigenvalue weighted by Gasteiger charge is 2.27. The van der Waals surface area contributed by atoms with E-state index in [9.17, 15) is 15.0 Å². The molecule has 5 nitrogen and oxygen atoms in total. The van der Waals surface area contributed by atoms with Gasteiger partial charge in [-0.2, -0.15) is 5.10 Å². The van der Waals surface area contributed by atoms with Gasteiger partial charge in [0, 0.05) is 17.2 Å². The van der Waals surface area contributed by atoms with Crippen LogP contribution in [-0.2, 0) is 4.79 Å². The van der Waals surface area contributed by atoms with Gasteiger partial charge in [0.25, 0.3) is 0 Å². The Hall–Kier alpha value is -3.34. The number of carboxylic acids is 1. The number of carbonyl (C=O) groups is 1. The minimum absolute atomic E-state index is 0.214. The number of nitrogens with zero attached hydrogens (tertiary/aromatic N) is 2. The van der Waals surface area contributed by atoms with Crippen LogP contribution in [0.4, 0.5) is 0 Å². The third-order valence-corrected chi connectivity index (χ3v) is 5.75. The first-order valence-electron chi connectivity index (χ1n) is 10.4. The average molecular weight is 402 g/mol. The van der Waals surface area contributed by atoms with Gasteiger partial charge in [0.1, 0.15) is 5.75 Å². The van der Waals surface area contributed by atoms with Crippen LogP contribution in [0.25, 0.3) is 28.0 Å². The van der Waals surface area contributed by atoms with Gasteiger partial charge >= 0.3 is 5.97 Å². The van der Waals surface area contributed by atoms with E-state index in [4.69, 9.17) is 5.10 Å². The Kier molecular flexibility index (Phi) is 5.70. The molecular weight excluding hydrogens is 376 g/mol. The number of allylic oxidation sites excluding steroid dienone is 1. The van der Waals surface area contributed by atoms with E-state index in [1.165, 1.54) is 25.3 Å². The normalized spacial score (nSPS) is 15.3. The summed E-state index contributed by atoms with van der Waals surface area (Å²) in [5.74, 6) is -0.768. The maximum Gasteiger partial charge on any atom is 0.328 e. The highest BCUT2D eigenvalue weighted by Crippen LogP contribution is 2.42.